The summed E-state index contributed by atoms with van der Waals surface area (Å²) in [5.74, 6) is 1.24. The summed E-state index contributed by atoms with van der Waals surface area (Å²) in [6.07, 6.45) is 2.57. The van der Waals surface area contributed by atoms with Crippen molar-refractivity contribution in [3.63, 3.8) is 0 Å². The highest BCUT2D eigenvalue weighted by molar-refractivity contribution is 7.71. The fourth-order valence-corrected chi connectivity index (χ4v) is 1.69. The molecule has 0 unspecified atom stereocenters. The van der Waals surface area contributed by atoms with Crippen molar-refractivity contribution in [3.8, 4) is 11.5 Å². The summed E-state index contributed by atoms with van der Waals surface area (Å²) in [5, 5.41) is 10.1. The molecular formula is C12H12N4O3S. The molecule has 0 amide bonds. The average molecular weight is 292 g/mol. The lowest BCUT2D eigenvalue weighted by molar-refractivity contribution is 0.394. The number of methoxy groups -OCH3 is 2. The van der Waals surface area contributed by atoms with E-state index in [1.54, 1.807) is 25.3 Å². The van der Waals surface area contributed by atoms with E-state index in [0.29, 0.717) is 17.1 Å². The number of hydrogen-bond acceptors (Lipinski definition) is 6. The van der Waals surface area contributed by atoms with Gasteiger partial charge < -0.3 is 9.47 Å². The first kappa shape index (κ1) is 13.9. The molecule has 8 heteroatoms. The SMILES string of the molecule is COc1ccc(/C=N/n2c(=O)cn[nH]c2=S)c(OC)c1. The van der Waals surface area contributed by atoms with Gasteiger partial charge in [0.2, 0.25) is 4.77 Å². The van der Waals surface area contributed by atoms with Crippen LogP contribution in [-0.4, -0.2) is 35.3 Å². The van der Waals surface area contributed by atoms with E-state index >= 15 is 0 Å². The zero-order chi connectivity index (χ0) is 14.5. The average Bonchev–Trinajstić information content (AvgIpc) is 2.46. The van der Waals surface area contributed by atoms with Crippen molar-refractivity contribution in [1.82, 2.24) is 14.9 Å². The summed E-state index contributed by atoms with van der Waals surface area (Å²) in [6.45, 7) is 0. The third-order valence-electron chi connectivity index (χ3n) is 2.49. The molecule has 1 N–H and O–H groups in total. The van der Waals surface area contributed by atoms with Gasteiger partial charge in [0.05, 0.1) is 20.4 Å². The number of aromatic amines is 1. The Morgan fingerprint density at radius 2 is 2.20 bits per heavy atom. The van der Waals surface area contributed by atoms with Crippen molar-refractivity contribution in [2.24, 2.45) is 5.10 Å². The highest BCUT2D eigenvalue weighted by Crippen LogP contribution is 2.23. The zero-order valence-corrected chi connectivity index (χ0v) is 11.7. The third kappa shape index (κ3) is 2.91. The van der Waals surface area contributed by atoms with Gasteiger partial charge in [0.25, 0.3) is 5.56 Å². The Morgan fingerprint density at radius 3 is 2.85 bits per heavy atom. The number of benzene rings is 1. The quantitative estimate of drug-likeness (QED) is 0.676. The van der Waals surface area contributed by atoms with Crippen LogP contribution >= 0.6 is 12.2 Å². The number of ether oxygens (including phenoxy) is 2. The van der Waals surface area contributed by atoms with Crippen molar-refractivity contribution >= 4 is 18.4 Å². The van der Waals surface area contributed by atoms with E-state index in [4.69, 9.17) is 21.7 Å². The molecule has 0 aliphatic rings. The molecule has 0 saturated carbocycles. The van der Waals surface area contributed by atoms with Gasteiger partial charge in [0.1, 0.15) is 17.7 Å². The highest BCUT2D eigenvalue weighted by atomic mass is 32.1. The van der Waals surface area contributed by atoms with E-state index in [0.717, 1.165) is 10.9 Å². The minimum Gasteiger partial charge on any atom is -0.497 e. The first-order valence-corrected chi connectivity index (χ1v) is 5.99. The van der Waals surface area contributed by atoms with E-state index in [-0.39, 0.29) is 4.77 Å². The molecule has 0 radical (unpaired) electrons. The summed E-state index contributed by atoms with van der Waals surface area (Å²) in [4.78, 5) is 11.6. The third-order valence-corrected chi connectivity index (χ3v) is 2.75. The van der Waals surface area contributed by atoms with Crippen molar-refractivity contribution in [1.29, 1.82) is 0 Å². The van der Waals surface area contributed by atoms with Gasteiger partial charge in [-0.1, -0.05) is 0 Å². The molecule has 7 nitrogen and oxygen atoms in total. The topological polar surface area (TPSA) is 81.5 Å². The van der Waals surface area contributed by atoms with Crippen LogP contribution < -0.4 is 15.0 Å². The predicted octanol–water partition coefficient (Wildman–Crippen LogP) is 1.20. The van der Waals surface area contributed by atoms with Crippen LogP contribution in [0.5, 0.6) is 11.5 Å². The van der Waals surface area contributed by atoms with Gasteiger partial charge in [-0.25, -0.2) is 0 Å². The Labute approximate surface area is 119 Å². The fourth-order valence-electron chi connectivity index (χ4n) is 1.50. The minimum absolute atomic E-state index is 0.112. The van der Waals surface area contributed by atoms with Gasteiger partial charge in [0, 0.05) is 11.6 Å². The van der Waals surface area contributed by atoms with Gasteiger partial charge in [-0.2, -0.15) is 14.9 Å². The Balaban J connectivity index is 2.41. The Hall–Kier alpha value is -2.48. The molecular weight excluding hydrogens is 280 g/mol. The second kappa shape index (κ2) is 6.11. The van der Waals surface area contributed by atoms with Crippen LogP contribution in [0.15, 0.2) is 34.3 Å². The number of rotatable bonds is 4. The van der Waals surface area contributed by atoms with Crippen molar-refractivity contribution in [2.75, 3.05) is 14.2 Å². The molecule has 1 heterocycles. The second-order valence-corrected chi connectivity index (χ2v) is 4.06. The summed E-state index contributed by atoms with van der Waals surface area (Å²) in [6, 6.07) is 5.25. The molecule has 0 aliphatic carbocycles. The summed E-state index contributed by atoms with van der Waals surface area (Å²) in [5.41, 5.74) is 0.267. The van der Waals surface area contributed by atoms with Crippen molar-refractivity contribution in [3.05, 3.63) is 45.1 Å². The fraction of sp³-hybridized carbons (Fsp3) is 0.167. The summed E-state index contributed by atoms with van der Waals surface area (Å²) < 4.78 is 11.5. The van der Waals surface area contributed by atoms with Crippen molar-refractivity contribution in [2.45, 2.75) is 0 Å². The van der Waals surface area contributed by atoms with Gasteiger partial charge in [-0.05, 0) is 24.4 Å². The minimum atomic E-state index is -0.419. The largest absolute Gasteiger partial charge is 0.497 e. The molecule has 2 rings (SSSR count). The molecule has 0 saturated heterocycles. The predicted molar refractivity (Wildman–Crippen MR) is 76.2 cm³/mol. The van der Waals surface area contributed by atoms with E-state index in [9.17, 15) is 4.79 Å². The molecule has 0 spiro atoms. The molecule has 0 fully saturated rings. The molecule has 104 valence electrons. The zero-order valence-electron chi connectivity index (χ0n) is 10.9. The van der Waals surface area contributed by atoms with Crippen molar-refractivity contribution < 1.29 is 9.47 Å². The highest BCUT2D eigenvalue weighted by Gasteiger charge is 2.03. The maximum Gasteiger partial charge on any atom is 0.293 e. The normalized spacial score (nSPS) is 10.7. The molecule has 1 aromatic heterocycles. The molecule has 20 heavy (non-hydrogen) atoms. The van der Waals surface area contributed by atoms with Gasteiger partial charge in [-0.3, -0.25) is 9.89 Å². The molecule has 0 bridgehead atoms. The van der Waals surface area contributed by atoms with Gasteiger partial charge >= 0.3 is 0 Å². The number of aromatic nitrogens is 3. The molecule has 0 atom stereocenters. The lowest BCUT2D eigenvalue weighted by Gasteiger charge is -2.06. The summed E-state index contributed by atoms with van der Waals surface area (Å²) in [7, 11) is 3.11. The van der Waals surface area contributed by atoms with Crippen LogP contribution in [-0.2, 0) is 0 Å². The van der Waals surface area contributed by atoms with E-state index in [1.807, 2.05) is 0 Å². The monoisotopic (exact) mass is 292 g/mol. The standard InChI is InChI=1S/C12H12N4O3S/c1-18-9-4-3-8(10(5-9)19-2)6-14-16-11(17)7-13-15-12(16)20/h3-7H,1-2H3,(H,15,20)/b14-6+. The molecule has 2 aromatic rings. The second-order valence-electron chi connectivity index (χ2n) is 3.68. The van der Waals surface area contributed by atoms with Gasteiger partial charge in [-0.15, -0.1) is 0 Å². The van der Waals surface area contributed by atoms with Crippen LogP contribution in [0.2, 0.25) is 0 Å². The van der Waals surface area contributed by atoms with Crippen LogP contribution in [0, 0.1) is 4.77 Å². The number of H-pyrrole nitrogens is 1. The Kier molecular flexibility index (Phi) is 4.26. The maximum atomic E-state index is 11.6. The van der Waals surface area contributed by atoms with E-state index in [1.165, 1.54) is 13.3 Å². The smallest absolute Gasteiger partial charge is 0.293 e. The first-order chi connectivity index (χ1) is 9.65. The summed E-state index contributed by atoms with van der Waals surface area (Å²) >= 11 is 4.94. The van der Waals surface area contributed by atoms with Crippen LogP contribution in [0.25, 0.3) is 0 Å². The van der Waals surface area contributed by atoms with Crippen LogP contribution in [0.3, 0.4) is 0 Å². The van der Waals surface area contributed by atoms with E-state index in [2.05, 4.69) is 15.3 Å². The van der Waals surface area contributed by atoms with Gasteiger partial charge in [0.15, 0.2) is 0 Å². The lowest BCUT2D eigenvalue weighted by Crippen LogP contribution is -2.18. The number of nitrogens with zero attached hydrogens (tertiary/aromatic N) is 3. The van der Waals surface area contributed by atoms with E-state index < -0.39 is 5.56 Å². The Bertz CT molecular complexity index is 723. The Morgan fingerprint density at radius 1 is 1.40 bits per heavy atom. The number of hydrogen-bond donors (Lipinski definition) is 1. The van der Waals surface area contributed by atoms with Crippen LogP contribution in [0.4, 0.5) is 0 Å². The maximum absolute atomic E-state index is 11.6. The number of nitrogens with one attached hydrogen (secondary N) is 1. The van der Waals surface area contributed by atoms with Crippen LogP contribution in [0.1, 0.15) is 5.56 Å². The first-order valence-electron chi connectivity index (χ1n) is 5.59. The molecule has 1 aromatic carbocycles. The molecule has 0 aliphatic heterocycles. The lowest BCUT2D eigenvalue weighted by atomic mass is 10.2.